The third-order valence-corrected chi connectivity index (χ3v) is 4.16. The summed E-state index contributed by atoms with van der Waals surface area (Å²) < 4.78 is 2.02. The van der Waals surface area contributed by atoms with Crippen LogP contribution in [0.1, 0.15) is 50.6 Å². The van der Waals surface area contributed by atoms with Gasteiger partial charge in [0.05, 0.1) is 12.2 Å². The molecule has 21 heavy (non-hydrogen) atoms. The van der Waals surface area contributed by atoms with E-state index in [1.54, 1.807) is 0 Å². The Morgan fingerprint density at radius 3 is 2.48 bits per heavy atom. The third kappa shape index (κ3) is 3.57. The molecular weight excluding hydrogens is 262 g/mol. The number of guanidine groups is 1. The van der Waals surface area contributed by atoms with E-state index in [-0.39, 0.29) is 0 Å². The lowest BCUT2D eigenvalue weighted by molar-refractivity contribution is 0.493. The summed E-state index contributed by atoms with van der Waals surface area (Å²) in [6, 6.07) is 0. The van der Waals surface area contributed by atoms with Crippen molar-refractivity contribution in [3.8, 4) is 0 Å². The lowest BCUT2D eigenvalue weighted by Crippen LogP contribution is -2.39. The maximum atomic E-state index is 4.87. The number of aliphatic imine (C=N–C) groups is 1. The maximum Gasteiger partial charge on any atom is 0.194 e. The van der Waals surface area contributed by atoms with Gasteiger partial charge in [-0.05, 0) is 32.6 Å². The van der Waals surface area contributed by atoms with Crippen LogP contribution in [-0.2, 0) is 26.4 Å². The maximum absolute atomic E-state index is 4.87. The van der Waals surface area contributed by atoms with Gasteiger partial charge in [0, 0.05) is 37.9 Å². The van der Waals surface area contributed by atoms with Crippen LogP contribution in [0.15, 0.2) is 4.99 Å². The molecular formula is C16H29N5. The standard InChI is InChI=1S/C16H29N5/c1-5-14-13(15(6-2)20(4)19-14)12-18-16(17-7-3)21-10-8-9-11-21/h5-12H2,1-4H3,(H,17,18). The van der Waals surface area contributed by atoms with E-state index in [0.29, 0.717) is 0 Å². The van der Waals surface area contributed by atoms with Gasteiger partial charge in [-0.2, -0.15) is 5.10 Å². The SMILES string of the molecule is CCNC(=NCc1c(CC)nn(C)c1CC)N1CCCC1. The van der Waals surface area contributed by atoms with Crippen LogP contribution in [0.2, 0.25) is 0 Å². The zero-order valence-electron chi connectivity index (χ0n) is 13.9. The molecule has 0 unspecified atom stereocenters. The molecule has 2 rings (SSSR count). The molecule has 0 spiro atoms. The van der Waals surface area contributed by atoms with E-state index in [4.69, 9.17) is 4.99 Å². The Bertz CT molecular complexity index is 483. The van der Waals surface area contributed by atoms with Gasteiger partial charge in [-0.15, -0.1) is 0 Å². The van der Waals surface area contributed by atoms with Crippen LogP contribution in [0.3, 0.4) is 0 Å². The van der Waals surface area contributed by atoms with E-state index >= 15 is 0 Å². The van der Waals surface area contributed by atoms with E-state index in [0.717, 1.165) is 45.0 Å². The van der Waals surface area contributed by atoms with Crippen LogP contribution >= 0.6 is 0 Å². The van der Waals surface area contributed by atoms with Crippen LogP contribution in [0, 0.1) is 0 Å². The molecule has 1 aliphatic heterocycles. The molecule has 1 fully saturated rings. The van der Waals surface area contributed by atoms with Crippen molar-refractivity contribution in [2.75, 3.05) is 19.6 Å². The van der Waals surface area contributed by atoms with Crippen molar-refractivity contribution in [1.82, 2.24) is 20.0 Å². The topological polar surface area (TPSA) is 45.5 Å². The Morgan fingerprint density at radius 2 is 1.90 bits per heavy atom. The Morgan fingerprint density at radius 1 is 1.19 bits per heavy atom. The average molecular weight is 291 g/mol. The number of nitrogens with one attached hydrogen (secondary N) is 1. The van der Waals surface area contributed by atoms with Crippen LogP contribution in [0.25, 0.3) is 0 Å². The summed E-state index contributed by atoms with van der Waals surface area (Å²) >= 11 is 0. The summed E-state index contributed by atoms with van der Waals surface area (Å²) in [4.78, 5) is 7.25. The fourth-order valence-electron chi connectivity index (χ4n) is 3.08. The van der Waals surface area contributed by atoms with Crippen molar-refractivity contribution < 1.29 is 0 Å². The monoisotopic (exact) mass is 291 g/mol. The zero-order valence-corrected chi connectivity index (χ0v) is 13.9. The zero-order chi connectivity index (χ0) is 15.2. The highest BCUT2D eigenvalue weighted by Gasteiger charge is 2.17. The largest absolute Gasteiger partial charge is 0.357 e. The molecule has 0 radical (unpaired) electrons. The molecule has 1 aromatic rings. The van der Waals surface area contributed by atoms with Crippen molar-refractivity contribution in [3.05, 3.63) is 17.0 Å². The number of likely N-dealkylation sites (tertiary alicyclic amines) is 1. The minimum absolute atomic E-state index is 0.735. The lowest BCUT2D eigenvalue weighted by Gasteiger charge is -2.20. The number of nitrogens with zero attached hydrogens (tertiary/aromatic N) is 4. The molecule has 1 N–H and O–H groups in total. The van der Waals surface area contributed by atoms with E-state index in [1.165, 1.54) is 29.8 Å². The molecule has 5 heteroatoms. The van der Waals surface area contributed by atoms with Crippen LogP contribution in [-0.4, -0.2) is 40.3 Å². The Kier molecular flexibility index (Phi) is 5.65. The van der Waals surface area contributed by atoms with Gasteiger partial charge in [0.15, 0.2) is 5.96 Å². The fourth-order valence-corrected chi connectivity index (χ4v) is 3.08. The second kappa shape index (κ2) is 7.48. The van der Waals surface area contributed by atoms with E-state index < -0.39 is 0 Å². The minimum atomic E-state index is 0.735. The van der Waals surface area contributed by atoms with Crippen molar-refractivity contribution in [2.24, 2.45) is 12.0 Å². The first kappa shape index (κ1) is 15.9. The number of aryl methyl sites for hydroxylation is 2. The van der Waals surface area contributed by atoms with Crippen LogP contribution in [0.5, 0.6) is 0 Å². The fraction of sp³-hybridized carbons (Fsp3) is 0.750. The van der Waals surface area contributed by atoms with Crippen molar-refractivity contribution in [2.45, 2.75) is 53.0 Å². The van der Waals surface area contributed by atoms with Gasteiger partial charge in [0.1, 0.15) is 0 Å². The molecule has 0 aromatic carbocycles. The highest BCUT2D eigenvalue weighted by Crippen LogP contribution is 2.17. The van der Waals surface area contributed by atoms with E-state index in [9.17, 15) is 0 Å². The minimum Gasteiger partial charge on any atom is -0.357 e. The average Bonchev–Trinajstić information content (AvgIpc) is 3.11. The summed E-state index contributed by atoms with van der Waals surface area (Å²) in [6.45, 7) is 10.4. The molecule has 0 amide bonds. The number of rotatable bonds is 5. The molecule has 2 heterocycles. The van der Waals surface area contributed by atoms with Gasteiger partial charge in [0.25, 0.3) is 0 Å². The van der Waals surface area contributed by atoms with Crippen molar-refractivity contribution in [1.29, 1.82) is 0 Å². The molecule has 1 aromatic heterocycles. The normalized spacial score (nSPS) is 15.8. The summed E-state index contributed by atoms with van der Waals surface area (Å²) in [7, 11) is 2.04. The highest BCUT2D eigenvalue weighted by molar-refractivity contribution is 5.80. The summed E-state index contributed by atoms with van der Waals surface area (Å²) in [5.74, 6) is 1.06. The van der Waals surface area contributed by atoms with E-state index in [1.807, 2.05) is 11.7 Å². The smallest absolute Gasteiger partial charge is 0.194 e. The Labute approximate surface area is 128 Å². The molecule has 0 aliphatic carbocycles. The molecule has 5 nitrogen and oxygen atoms in total. The third-order valence-electron chi connectivity index (χ3n) is 4.16. The summed E-state index contributed by atoms with van der Waals surface area (Å²) in [5.41, 5.74) is 3.82. The number of aromatic nitrogens is 2. The van der Waals surface area contributed by atoms with Crippen molar-refractivity contribution >= 4 is 5.96 Å². The quantitative estimate of drug-likeness (QED) is 0.667. The molecule has 1 saturated heterocycles. The molecule has 1 aliphatic rings. The van der Waals surface area contributed by atoms with Gasteiger partial charge in [-0.1, -0.05) is 13.8 Å². The number of hydrogen-bond donors (Lipinski definition) is 1. The molecule has 0 atom stereocenters. The first-order valence-electron chi connectivity index (χ1n) is 8.28. The second-order valence-electron chi connectivity index (χ2n) is 5.57. The molecule has 118 valence electrons. The predicted molar refractivity (Wildman–Crippen MR) is 87.6 cm³/mol. The predicted octanol–water partition coefficient (Wildman–Crippen LogP) is 2.11. The Hall–Kier alpha value is -1.52. The molecule has 0 saturated carbocycles. The van der Waals surface area contributed by atoms with Crippen molar-refractivity contribution in [3.63, 3.8) is 0 Å². The Balaban J connectivity index is 2.20. The van der Waals surface area contributed by atoms with Crippen LogP contribution in [0.4, 0.5) is 0 Å². The van der Waals surface area contributed by atoms with Gasteiger partial charge < -0.3 is 10.2 Å². The lowest BCUT2D eigenvalue weighted by atomic mass is 10.1. The molecule has 0 bridgehead atoms. The van der Waals surface area contributed by atoms with Crippen LogP contribution < -0.4 is 5.32 Å². The second-order valence-corrected chi connectivity index (χ2v) is 5.57. The van der Waals surface area contributed by atoms with E-state index in [2.05, 4.69) is 36.1 Å². The highest BCUT2D eigenvalue weighted by atomic mass is 15.3. The first-order chi connectivity index (χ1) is 10.2. The summed E-state index contributed by atoms with van der Waals surface area (Å²) in [5, 5.41) is 8.06. The van der Waals surface area contributed by atoms with Gasteiger partial charge >= 0.3 is 0 Å². The first-order valence-corrected chi connectivity index (χ1v) is 8.28. The number of hydrogen-bond acceptors (Lipinski definition) is 2. The summed E-state index contributed by atoms with van der Waals surface area (Å²) in [6.07, 6.45) is 4.53. The van der Waals surface area contributed by atoms with Gasteiger partial charge in [-0.25, -0.2) is 4.99 Å². The van der Waals surface area contributed by atoms with Gasteiger partial charge in [0.2, 0.25) is 0 Å². The van der Waals surface area contributed by atoms with Gasteiger partial charge in [-0.3, -0.25) is 4.68 Å².